The maximum absolute atomic E-state index is 12.9. The van der Waals surface area contributed by atoms with Gasteiger partial charge in [0.25, 0.3) is 5.91 Å². The molecule has 0 saturated carbocycles. The van der Waals surface area contributed by atoms with Gasteiger partial charge in [-0.25, -0.2) is 0 Å². The van der Waals surface area contributed by atoms with E-state index in [1.54, 1.807) is 7.11 Å². The maximum atomic E-state index is 12.9. The summed E-state index contributed by atoms with van der Waals surface area (Å²) < 4.78 is 10.9. The minimum atomic E-state index is 0.0647. The number of ether oxygens (including phenoxy) is 1. The Balaban J connectivity index is 1.60. The third-order valence-electron chi connectivity index (χ3n) is 4.65. The van der Waals surface area contributed by atoms with E-state index in [0.29, 0.717) is 5.56 Å². The van der Waals surface area contributed by atoms with Gasteiger partial charge in [0.15, 0.2) is 0 Å². The standard InChI is InChI=1S/C20H19NO3/c1-13-10-16-11-15(6-7-19(16)24-13)20(22)21-9-8-18(21)14-4-3-5-17(12-14)23-2/h3-7,10-12,18H,8-9H2,1-2H3/t18-/m0/s1. The zero-order valence-corrected chi connectivity index (χ0v) is 13.8. The van der Waals surface area contributed by atoms with Crippen LogP contribution in [0.2, 0.25) is 0 Å². The minimum Gasteiger partial charge on any atom is -0.497 e. The molecule has 2 heterocycles. The van der Waals surface area contributed by atoms with Gasteiger partial charge in [-0.15, -0.1) is 0 Å². The van der Waals surface area contributed by atoms with Gasteiger partial charge in [-0.05, 0) is 55.3 Å². The van der Waals surface area contributed by atoms with E-state index >= 15 is 0 Å². The van der Waals surface area contributed by atoms with Gasteiger partial charge < -0.3 is 14.1 Å². The lowest BCUT2D eigenvalue weighted by Crippen LogP contribution is -2.45. The molecule has 4 rings (SSSR count). The monoisotopic (exact) mass is 321 g/mol. The summed E-state index contributed by atoms with van der Waals surface area (Å²) in [6.07, 6.45) is 0.978. The highest BCUT2D eigenvalue weighted by molar-refractivity contribution is 5.98. The Labute approximate surface area is 140 Å². The van der Waals surface area contributed by atoms with E-state index in [1.165, 1.54) is 0 Å². The number of furan rings is 1. The second kappa shape index (κ2) is 5.71. The quantitative estimate of drug-likeness (QED) is 0.721. The first kappa shape index (κ1) is 14.8. The molecule has 1 aliphatic rings. The van der Waals surface area contributed by atoms with Gasteiger partial charge in [0, 0.05) is 17.5 Å². The predicted molar refractivity (Wildman–Crippen MR) is 92.3 cm³/mol. The molecule has 1 amide bonds. The fourth-order valence-electron chi connectivity index (χ4n) is 3.30. The number of methoxy groups -OCH3 is 1. The summed E-state index contributed by atoms with van der Waals surface area (Å²) in [6, 6.07) is 15.6. The first-order chi connectivity index (χ1) is 11.7. The Bertz CT molecular complexity index is 912. The maximum Gasteiger partial charge on any atom is 0.254 e. The van der Waals surface area contributed by atoms with E-state index < -0.39 is 0 Å². The normalized spacial score (nSPS) is 16.9. The Morgan fingerprint density at radius 1 is 1.21 bits per heavy atom. The molecule has 0 radical (unpaired) electrons. The molecule has 1 aromatic heterocycles. The molecule has 0 unspecified atom stereocenters. The molecule has 0 spiro atoms. The summed E-state index contributed by atoms with van der Waals surface area (Å²) in [7, 11) is 1.66. The van der Waals surface area contributed by atoms with Gasteiger partial charge >= 0.3 is 0 Å². The zero-order valence-electron chi connectivity index (χ0n) is 13.8. The molecule has 1 saturated heterocycles. The Morgan fingerprint density at radius 3 is 2.83 bits per heavy atom. The second-order valence-corrected chi connectivity index (χ2v) is 6.19. The highest BCUT2D eigenvalue weighted by Gasteiger charge is 2.34. The van der Waals surface area contributed by atoms with Crippen LogP contribution in [-0.2, 0) is 0 Å². The molecule has 0 aliphatic carbocycles. The van der Waals surface area contributed by atoms with Crippen molar-refractivity contribution in [1.29, 1.82) is 0 Å². The second-order valence-electron chi connectivity index (χ2n) is 6.19. The number of hydrogen-bond donors (Lipinski definition) is 0. The van der Waals surface area contributed by atoms with Crippen molar-refractivity contribution in [3.8, 4) is 5.75 Å². The van der Waals surface area contributed by atoms with Crippen molar-refractivity contribution in [3.05, 3.63) is 65.4 Å². The number of nitrogens with zero attached hydrogens (tertiary/aromatic N) is 1. The van der Waals surface area contributed by atoms with Crippen LogP contribution in [0.3, 0.4) is 0 Å². The van der Waals surface area contributed by atoms with E-state index in [0.717, 1.165) is 41.0 Å². The summed E-state index contributed by atoms with van der Waals surface area (Å²) in [5, 5.41) is 0.969. The summed E-state index contributed by atoms with van der Waals surface area (Å²) in [5.74, 6) is 1.74. The smallest absolute Gasteiger partial charge is 0.254 e. The molecule has 0 bridgehead atoms. The van der Waals surface area contributed by atoms with E-state index in [2.05, 4.69) is 6.07 Å². The van der Waals surface area contributed by atoms with Gasteiger partial charge in [0.05, 0.1) is 13.2 Å². The first-order valence-electron chi connectivity index (χ1n) is 8.11. The highest BCUT2D eigenvalue weighted by atomic mass is 16.5. The number of aryl methyl sites for hydroxylation is 1. The number of amides is 1. The first-order valence-corrected chi connectivity index (χ1v) is 8.11. The van der Waals surface area contributed by atoms with Gasteiger partial charge in [-0.1, -0.05) is 12.1 Å². The van der Waals surface area contributed by atoms with Crippen molar-refractivity contribution in [2.75, 3.05) is 13.7 Å². The summed E-state index contributed by atoms with van der Waals surface area (Å²) in [4.78, 5) is 14.8. The van der Waals surface area contributed by atoms with Crippen LogP contribution in [0.1, 0.15) is 34.1 Å². The molecule has 1 aliphatic heterocycles. The van der Waals surface area contributed by atoms with Gasteiger partial charge in [-0.2, -0.15) is 0 Å². The number of carbonyl (C=O) groups is 1. The molecule has 24 heavy (non-hydrogen) atoms. The number of likely N-dealkylation sites (tertiary alicyclic amines) is 1. The average molecular weight is 321 g/mol. The third-order valence-corrected chi connectivity index (χ3v) is 4.65. The highest BCUT2D eigenvalue weighted by Crippen LogP contribution is 2.36. The molecular formula is C20H19NO3. The van der Waals surface area contributed by atoms with Crippen LogP contribution in [0.5, 0.6) is 5.75 Å². The summed E-state index contributed by atoms with van der Waals surface area (Å²) in [5.41, 5.74) is 2.64. The predicted octanol–water partition coefficient (Wildman–Crippen LogP) is 4.34. The van der Waals surface area contributed by atoms with Crippen LogP contribution in [0, 0.1) is 6.92 Å². The molecule has 1 fully saturated rings. The van der Waals surface area contributed by atoms with E-state index in [9.17, 15) is 4.79 Å². The largest absolute Gasteiger partial charge is 0.497 e. The number of carbonyl (C=O) groups excluding carboxylic acids is 1. The van der Waals surface area contributed by atoms with E-state index in [-0.39, 0.29) is 11.9 Å². The van der Waals surface area contributed by atoms with Crippen LogP contribution in [0.25, 0.3) is 11.0 Å². The molecule has 0 N–H and O–H groups in total. The lowest BCUT2D eigenvalue weighted by Gasteiger charge is -2.41. The van der Waals surface area contributed by atoms with Crippen LogP contribution < -0.4 is 4.74 Å². The molecule has 1 atom stereocenters. The Morgan fingerprint density at radius 2 is 2.08 bits per heavy atom. The van der Waals surface area contributed by atoms with Crippen molar-refractivity contribution in [1.82, 2.24) is 4.90 Å². The lowest BCUT2D eigenvalue weighted by atomic mass is 9.93. The van der Waals surface area contributed by atoms with E-state index in [1.807, 2.05) is 54.3 Å². The topological polar surface area (TPSA) is 42.7 Å². The molecule has 122 valence electrons. The van der Waals surface area contributed by atoms with Crippen LogP contribution in [0.15, 0.2) is 52.9 Å². The van der Waals surface area contributed by atoms with Crippen LogP contribution in [-0.4, -0.2) is 24.5 Å². The summed E-state index contributed by atoms with van der Waals surface area (Å²) in [6.45, 7) is 2.69. The molecule has 4 nitrogen and oxygen atoms in total. The fourth-order valence-corrected chi connectivity index (χ4v) is 3.30. The number of rotatable bonds is 3. The summed E-state index contributed by atoms with van der Waals surface area (Å²) >= 11 is 0. The van der Waals surface area contributed by atoms with Crippen molar-refractivity contribution in [3.63, 3.8) is 0 Å². The number of fused-ring (bicyclic) bond motifs is 1. The average Bonchev–Trinajstić information content (AvgIpc) is 2.93. The van der Waals surface area contributed by atoms with Gasteiger partial charge in [0.2, 0.25) is 0 Å². The third kappa shape index (κ3) is 2.44. The molecular weight excluding hydrogens is 302 g/mol. The van der Waals surface area contributed by atoms with Crippen molar-refractivity contribution >= 4 is 16.9 Å². The van der Waals surface area contributed by atoms with Crippen LogP contribution >= 0.6 is 0 Å². The number of hydrogen-bond acceptors (Lipinski definition) is 3. The van der Waals surface area contributed by atoms with E-state index in [4.69, 9.17) is 9.15 Å². The van der Waals surface area contributed by atoms with Crippen LogP contribution in [0.4, 0.5) is 0 Å². The Hall–Kier alpha value is -2.75. The number of benzene rings is 2. The molecule has 4 heteroatoms. The minimum absolute atomic E-state index is 0.0647. The molecule has 2 aromatic carbocycles. The lowest BCUT2D eigenvalue weighted by molar-refractivity contribution is 0.0460. The zero-order chi connectivity index (χ0) is 16.7. The van der Waals surface area contributed by atoms with Crippen molar-refractivity contribution < 1.29 is 13.9 Å². The van der Waals surface area contributed by atoms with Gasteiger partial charge in [-0.3, -0.25) is 4.79 Å². The molecule has 3 aromatic rings. The van der Waals surface area contributed by atoms with Crippen molar-refractivity contribution in [2.45, 2.75) is 19.4 Å². The fraction of sp³-hybridized carbons (Fsp3) is 0.250. The SMILES string of the molecule is COc1cccc([C@@H]2CCN2C(=O)c2ccc3oc(C)cc3c2)c1. The Kier molecular flexibility index (Phi) is 3.53. The van der Waals surface area contributed by atoms with Gasteiger partial charge in [0.1, 0.15) is 17.1 Å². The van der Waals surface area contributed by atoms with Crippen molar-refractivity contribution in [2.24, 2.45) is 0 Å².